The monoisotopic (exact) mass is 311 g/mol. The van der Waals surface area contributed by atoms with Crippen LogP contribution in [0, 0.1) is 6.92 Å². The standard InChI is InChI=1S/C22H19N2/c1-13-11-24-20-18-15(14-7-4-5-8-16(14)19(20)23-13)9-6-10-17(18)21(2)12-22(21,24)3/h4-11H,12H2,1-3H3/q+1. The molecular formula is C22H19N2+. The van der Waals surface area contributed by atoms with Gasteiger partial charge in [-0.25, -0.2) is 4.98 Å². The second-order valence-electron chi connectivity index (χ2n) is 8.01. The molecule has 1 aromatic heterocycles. The number of aryl methyl sites for hydroxylation is 1. The summed E-state index contributed by atoms with van der Waals surface area (Å²) in [6, 6.07) is 15.6. The van der Waals surface area contributed by atoms with Gasteiger partial charge in [0.05, 0.1) is 10.8 Å². The van der Waals surface area contributed by atoms with E-state index in [1.54, 1.807) is 0 Å². The zero-order valence-corrected chi connectivity index (χ0v) is 14.2. The fourth-order valence-electron chi connectivity index (χ4n) is 5.24. The number of aromatic nitrogens is 2. The first kappa shape index (κ1) is 12.9. The summed E-state index contributed by atoms with van der Waals surface area (Å²) in [6.07, 6.45) is 3.46. The van der Waals surface area contributed by atoms with Gasteiger partial charge in [0, 0.05) is 18.7 Å². The predicted molar refractivity (Wildman–Crippen MR) is 97.3 cm³/mol. The molecule has 1 aliphatic heterocycles. The molecule has 1 fully saturated rings. The fourth-order valence-corrected chi connectivity index (χ4v) is 5.24. The largest absolute Gasteiger partial charge is 0.240 e. The van der Waals surface area contributed by atoms with Crippen LogP contribution in [0.2, 0.25) is 0 Å². The number of hydrogen-bond acceptors (Lipinski definition) is 1. The van der Waals surface area contributed by atoms with Crippen LogP contribution in [-0.2, 0) is 11.0 Å². The van der Waals surface area contributed by atoms with Gasteiger partial charge in [0.25, 0.3) is 0 Å². The number of nitrogens with zero attached hydrogens (tertiary/aromatic N) is 2. The molecule has 2 aliphatic rings. The average molecular weight is 311 g/mol. The van der Waals surface area contributed by atoms with Crippen molar-refractivity contribution in [3.8, 4) is 0 Å². The third-order valence-corrected chi connectivity index (χ3v) is 6.73. The molecule has 0 bridgehead atoms. The van der Waals surface area contributed by atoms with Crippen LogP contribution in [-0.4, -0.2) is 4.98 Å². The maximum absolute atomic E-state index is 4.98. The molecule has 0 radical (unpaired) electrons. The van der Waals surface area contributed by atoms with Gasteiger partial charge in [-0.1, -0.05) is 42.5 Å². The van der Waals surface area contributed by atoms with Crippen molar-refractivity contribution in [2.75, 3.05) is 0 Å². The van der Waals surface area contributed by atoms with Gasteiger partial charge in [0.15, 0.2) is 11.7 Å². The third-order valence-electron chi connectivity index (χ3n) is 6.73. The first-order chi connectivity index (χ1) is 11.5. The number of hydrogen-bond donors (Lipinski definition) is 0. The molecule has 2 atom stereocenters. The van der Waals surface area contributed by atoms with Crippen molar-refractivity contribution >= 4 is 32.6 Å². The Balaban J connectivity index is 2.05. The second kappa shape index (κ2) is 3.61. The zero-order chi connectivity index (χ0) is 16.3. The summed E-state index contributed by atoms with van der Waals surface area (Å²) in [5, 5.41) is 5.36. The Morgan fingerprint density at radius 3 is 2.54 bits per heavy atom. The smallest absolute Gasteiger partial charge is 0.240 e. The van der Waals surface area contributed by atoms with E-state index in [0.29, 0.717) is 0 Å². The minimum atomic E-state index is 0.169. The molecule has 3 aromatic carbocycles. The molecule has 4 aromatic rings. The molecule has 2 nitrogen and oxygen atoms in total. The number of rotatable bonds is 0. The SMILES string of the molecule is Cc1c[n+]2c3c(n1)c1ccccc1c1cccc(c13)C1(C)CC21C. The zero-order valence-electron chi connectivity index (χ0n) is 14.2. The number of fused-ring (bicyclic) bond motifs is 6. The highest BCUT2D eigenvalue weighted by Crippen LogP contribution is 2.63. The van der Waals surface area contributed by atoms with Crippen LogP contribution >= 0.6 is 0 Å². The van der Waals surface area contributed by atoms with Gasteiger partial charge in [0.2, 0.25) is 5.52 Å². The van der Waals surface area contributed by atoms with Gasteiger partial charge < -0.3 is 0 Å². The molecule has 6 rings (SSSR count). The van der Waals surface area contributed by atoms with E-state index in [-0.39, 0.29) is 11.0 Å². The van der Waals surface area contributed by atoms with Crippen molar-refractivity contribution in [1.29, 1.82) is 0 Å². The molecule has 24 heavy (non-hydrogen) atoms. The Morgan fingerprint density at radius 1 is 0.958 bits per heavy atom. The van der Waals surface area contributed by atoms with Gasteiger partial charge in [-0.05, 0) is 30.2 Å². The van der Waals surface area contributed by atoms with Crippen LogP contribution in [0.5, 0.6) is 0 Å². The van der Waals surface area contributed by atoms with E-state index in [0.717, 1.165) is 11.2 Å². The lowest BCUT2D eigenvalue weighted by Gasteiger charge is -2.24. The molecule has 2 heterocycles. The Labute approximate surface area is 140 Å². The molecule has 1 aliphatic carbocycles. The van der Waals surface area contributed by atoms with Crippen molar-refractivity contribution in [1.82, 2.24) is 4.98 Å². The average Bonchev–Trinajstić information content (AvgIpc) is 3.18. The highest BCUT2D eigenvalue weighted by Gasteiger charge is 2.72. The molecule has 0 saturated heterocycles. The van der Waals surface area contributed by atoms with Crippen molar-refractivity contribution < 1.29 is 4.57 Å². The molecule has 116 valence electrons. The van der Waals surface area contributed by atoms with E-state index in [1.165, 1.54) is 39.0 Å². The second-order valence-corrected chi connectivity index (χ2v) is 8.01. The lowest BCUT2D eigenvalue weighted by atomic mass is 9.83. The van der Waals surface area contributed by atoms with Gasteiger partial charge in [0.1, 0.15) is 11.2 Å². The van der Waals surface area contributed by atoms with Gasteiger partial charge in [-0.3, -0.25) is 0 Å². The van der Waals surface area contributed by atoms with E-state index in [9.17, 15) is 0 Å². The summed E-state index contributed by atoms with van der Waals surface area (Å²) in [6.45, 7) is 6.95. The maximum atomic E-state index is 4.98. The Hall–Kier alpha value is -2.48. The van der Waals surface area contributed by atoms with Crippen molar-refractivity contribution in [2.24, 2.45) is 0 Å². The first-order valence-electron chi connectivity index (χ1n) is 8.72. The molecule has 1 saturated carbocycles. The molecule has 0 spiro atoms. The van der Waals surface area contributed by atoms with E-state index in [1.807, 2.05) is 0 Å². The van der Waals surface area contributed by atoms with E-state index in [2.05, 4.69) is 74.0 Å². The minimum absolute atomic E-state index is 0.169. The quantitative estimate of drug-likeness (QED) is 0.344. The normalized spacial score (nSPS) is 27.1. The first-order valence-corrected chi connectivity index (χ1v) is 8.72. The third kappa shape index (κ3) is 1.17. The fraction of sp³-hybridized carbons (Fsp3) is 0.273. The lowest BCUT2D eigenvalue weighted by Crippen LogP contribution is -2.51. The van der Waals surface area contributed by atoms with Crippen LogP contribution in [0.25, 0.3) is 32.6 Å². The van der Waals surface area contributed by atoms with Crippen LogP contribution < -0.4 is 4.57 Å². The molecule has 0 N–H and O–H groups in total. The predicted octanol–water partition coefficient (Wildman–Crippen LogP) is 4.53. The van der Waals surface area contributed by atoms with Crippen molar-refractivity contribution in [3.05, 3.63) is 59.9 Å². The van der Waals surface area contributed by atoms with Gasteiger partial charge in [-0.15, -0.1) is 0 Å². The Bertz CT molecular complexity index is 1220. The summed E-state index contributed by atoms with van der Waals surface area (Å²) >= 11 is 0. The topological polar surface area (TPSA) is 16.8 Å². The van der Waals surface area contributed by atoms with E-state index >= 15 is 0 Å². The molecule has 2 unspecified atom stereocenters. The highest BCUT2D eigenvalue weighted by molar-refractivity contribution is 6.23. The van der Waals surface area contributed by atoms with Crippen LogP contribution in [0.3, 0.4) is 0 Å². The van der Waals surface area contributed by atoms with Crippen molar-refractivity contribution in [3.63, 3.8) is 0 Å². The van der Waals surface area contributed by atoms with Crippen LogP contribution in [0.4, 0.5) is 0 Å². The minimum Gasteiger partial charge on any atom is -0.240 e. The molecule has 2 heteroatoms. The summed E-state index contributed by atoms with van der Waals surface area (Å²) in [4.78, 5) is 4.98. The van der Waals surface area contributed by atoms with E-state index in [4.69, 9.17) is 4.98 Å². The Morgan fingerprint density at radius 2 is 1.71 bits per heavy atom. The Kier molecular flexibility index (Phi) is 1.94. The van der Waals surface area contributed by atoms with Crippen LogP contribution in [0.15, 0.2) is 48.7 Å². The molecule has 0 amide bonds. The summed E-state index contributed by atoms with van der Waals surface area (Å²) in [5.41, 5.74) is 5.48. The highest BCUT2D eigenvalue weighted by atomic mass is 15.1. The summed E-state index contributed by atoms with van der Waals surface area (Å²) in [7, 11) is 0. The van der Waals surface area contributed by atoms with Crippen LogP contribution in [0.1, 0.15) is 31.5 Å². The number of benzene rings is 3. The lowest BCUT2D eigenvalue weighted by molar-refractivity contribution is -0.716. The summed E-state index contributed by atoms with van der Waals surface area (Å²) in [5.74, 6) is 0. The summed E-state index contributed by atoms with van der Waals surface area (Å²) < 4.78 is 2.53. The van der Waals surface area contributed by atoms with Gasteiger partial charge in [-0.2, -0.15) is 4.57 Å². The van der Waals surface area contributed by atoms with Crippen molar-refractivity contribution in [2.45, 2.75) is 38.1 Å². The van der Waals surface area contributed by atoms with E-state index < -0.39 is 0 Å². The van der Waals surface area contributed by atoms with Gasteiger partial charge >= 0.3 is 0 Å². The molecular weight excluding hydrogens is 292 g/mol. The maximum Gasteiger partial charge on any atom is 0.240 e.